The molecule has 6 nitrogen and oxygen atoms in total. The summed E-state index contributed by atoms with van der Waals surface area (Å²) in [5.74, 6) is -0.650. The number of rotatable bonds is 3. The minimum absolute atomic E-state index is 0.0598. The lowest BCUT2D eigenvalue weighted by atomic mass is 10.1. The molecule has 1 atom stereocenters. The van der Waals surface area contributed by atoms with Crippen LogP contribution in [0.15, 0.2) is 48.5 Å². The van der Waals surface area contributed by atoms with E-state index in [0.717, 1.165) is 11.0 Å². The van der Waals surface area contributed by atoms with Crippen molar-refractivity contribution in [2.75, 3.05) is 10.6 Å². The third kappa shape index (κ3) is 2.40. The second-order valence-electron chi connectivity index (χ2n) is 5.56. The summed E-state index contributed by atoms with van der Waals surface area (Å²) in [5.41, 5.74) is 1.89. The zero-order chi connectivity index (χ0) is 16.7. The molecular weight excluding hydrogens is 311 g/mol. The Kier molecular flexibility index (Phi) is 3.26. The first-order valence-corrected chi connectivity index (χ1v) is 7.45. The van der Waals surface area contributed by atoms with E-state index in [2.05, 4.69) is 15.6 Å². The fourth-order valence-electron chi connectivity index (χ4n) is 2.90. The molecule has 1 aliphatic heterocycles. The Morgan fingerprint density at radius 1 is 1.25 bits per heavy atom. The summed E-state index contributed by atoms with van der Waals surface area (Å²) >= 11 is 0. The Bertz CT molecular complexity index is 966. The van der Waals surface area contributed by atoms with Gasteiger partial charge in [-0.05, 0) is 30.3 Å². The molecule has 0 spiro atoms. The molecule has 0 aliphatic carbocycles. The maximum absolute atomic E-state index is 13.2. The summed E-state index contributed by atoms with van der Waals surface area (Å²) in [4.78, 5) is 28.8. The van der Waals surface area contributed by atoms with Gasteiger partial charge in [-0.3, -0.25) is 19.5 Å². The highest BCUT2D eigenvalue weighted by atomic mass is 19.1. The first kappa shape index (κ1) is 14.4. The number of nitrogens with one attached hydrogen (secondary N) is 2. The molecule has 2 N–H and O–H groups in total. The molecule has 0 bridgehead atoms. The van der Waals surface area contributed by atoms with E-state index in [0.29, 0.717) is 11.6 Å². The van der Waals surface area contributed by atoms with Crippen LogP contribution < -0.4 is 10.6 Å². The average Bonchev–Trinajstić information content (AvgIpc) is 3.03. The van der Waals surface area contributed by atoms with Crippen LogP contribution in [0.5, 0.6) is 0 Å². The van der Waals surface area contributed by atoms with Crippen LogP contribution in [0.4, 0.5) is 16.0 Å². The second-order valence-corrected chi connectivity index (χ2v) is 5.56. The smallest absolute Gasteiger partial charge is 0.250 e. The van der Waals surface area contributed by atoms with Crippen molar-refractivity contribution >= 4 is 34.5 Å². The Morgan fingerprint density at radius 3 is 2.92 bits per heavy atom. The molecule has 0 fully saturated rings. The van der Waals surface area contributed by atoms with Crippen molar-refractivity contribution in [3.8, 4) is 0 Å². The van der Waals surface area contributed by atoms with Crippen LogP contribution in [0.25, 0.3) is 11.0 Å². The molecule has 0 radical (unpaired) electrons. The molecule has 3 aromatic rings. The van der Waals surface area contributed by atoms with E-state index in [9.17, 15) is 14.0 Å². The van der Waals surface area contributed by atoms with E-state index in [4.69, 9.17) is 0 Å². The fraction of sp³-hybridized carbons (Fsp3) is 0.118. The van der Waals surface area contributed by atoms with Crippen LogP contribution in [0.2, 0.25) is 0 Å². The average molecular weight is 324 g/mol. The van der Waals surface area contributed by atoms with Gasteiger partial charge in [0.2, 0.25) is 17.8 Å². The van der Waals surface area contributed by atoms with E-state index in [-0.39, 0.29) is 18.2 Å². The number of hydrogen-bond donors (Lipinski definition) is 2. The maximum atomic E-state index is 13.2. The van der Waals surface area contributed by atoms with E-state index in [1.165, 1.54) is 18.2 Å². The summed E-state index contributed by atoms with van der Waals surface area (Å²) < 4.78 is 14.9. The molecule has 120 valence electrons. The maximum Gasteiger partial charge on any atom is 0.250 e. The van der Waals surface area contributed by atoms with Gasteiger partial charge in [0.05, 0.1) is 17.5 Å². The second kappa shape index (κ2) is 5.45. The van der Waals surface area contributed by atoms with Gasteiger partial charge < -0.3 is 5.32 Å². The van der Waals surface area contributed by atoms with Crippen molar-refractivity contribution in [1.29, 1.82) is 0 Å². The van der Waals surface area contributed by atoms with Crippen molar-refractivity contribution in [2.45, 2.75) is 12.5 Å². The van der Waals surface area contributed by atoms with Gasteiger partial charge in [0, 0.05) is 5.69 Å². The van der Waals surface area contributed by atoms with E-state index >= 15 is 0 Å². The van der Waals surface area contributed by atoms with Crippen molar-refractivity contribution in [3.63, 3.8) is 0 Å². The normalized spacial score (nSPS) is 16.0. The molecule has 4 rings (SSSR count). The molecule has 1 aromatic heterocycles. The zero-order valence-electron chi connectivity index (χ0n) is 12.5. The lowest BCUT2D eigenvalue weighted by molar-refractivity contribution is -0.123. The SMILES string of the molecule is O=C(C[C@@H]1C(=O)Nc2nc3ccccc3n21)Nc1cccc(F)c1. The van der Waals surface area contributed by atoms with Crippen molar-refractivity contribution < 1.29 is 14.0 Å². The lowest BCUT2D eigenvalue weighted by Gasteiger charge is -2.12. The Balaban J connectivity index is 1.59. The number of benzene rings is 2. The summed E-state index contributed by atoms with van der Waals surface area (Å²) in [6.07, 6.45) is -0.0598. The van der Waals surface area contributed by atoms with E-state index in [1.54, 1.807) is 10.6 Å². The van der Waals surface area contributed by atoms with Gasteiger partial charge in [0.1, 0.15) is 11.9 Å². The molecule has 1 aliphatic rings. The Morgan fingerprint density at radius 2 is 2.08 bits per heavy atom. The van der Waals surface area contributed by atoms with Crippen molar-refractivity contribution in [2.24, 2.45) is 0 Å². The minimum atomic E-state index is -0.680. The molecule has 2 amide bonds. The molecule has 2 aromatic carbocycles. The topological polar surface area (TPSA) is 76.0 Å². The summed E-state index contributed by atoms with van der Waals surface area (Å²) in [7, 11) is 0. The Labute approximate surface area is 136 Å². The fourth-order valence-corrected chi connectivity index (χ4v) is 2.90. The quantitative estimate of drug-likeness (QED) is 0.778. The number of halogens is 1. The molecule has 7 heteroatoms. The zero-order valence-corrected chi connectivity index (χ0v) is 12.5. The van der Waals surface area contributed by atoms with Gasteiger partial charge in [0.25, 0.3) is 0 Å². The number of fused-ring (bicyclic) bond motifs is 3. The predicted molar refractivity (Wildman–Crippen MR) is 87.0 cm³/mol. The number of nitrogens with zero attached hydrogens (tertiary/aromatic N) is 2. The summed E-state index contributed by atoms with van der Waals surface area (Å²) in [5, 5.41) is 5.30. The van der Waals surface area contributed by atoms with Crippen molar-refractivity contribution in [1.82, 2.24) is 9.55 Å². The third-order valence-electron chi connectivity index (χ3n) is 3.93. The highest BCUT2D eigenvalue weighted by molar-refractivity contribution is 6.03. The van der Waals surface area contributed by atoms with Crippen LogP contribution in [-0.2, 0) is 9.59 Å². The molecule has 2 heterocycles. The monoisotopic (exact) mass is 324 g/mol. The number of aromatic nitrogens is 2. The molecule has 24 heavy (non-hydrogen) atoms. The standard InChI is InChI=1S/C17H13FN4O2/c18-10-4-3-5-11(8-10)19-15(23)9-14-16(24)21-17-20-12-6-1-2-7-13(12)22(14)17/h1-8,14H,9H2,(H,19,23)(H,20,21,24)/t14-/m1/s1. The number of carbonyl (C=O) groups is 2. The number of anilines is 2. The van der Waals surface area contributed by atoms with Gasteiger partial charge in [-0.1, -0.05) is 18.2 Å². The molecule has 0 saturated carbocycles. The van der Waals surface area contributed by atoms with Crippen LogP contribution in [0, 0.1) is 5.82 Å². The van der Waals surface area contributed by atoms with Gasteiger partial charge in [-0.25, -0.2) is 9.37 Å². The van der Waals surface area contributed by atoms with Crippen LogP contribution in [0.1, 0.15) is 12.5 Å². The van der Waals surface area contributed by atoms with Crippen LogP contribution in [0.3, 0.4) is 0 Å². The van der Waals surface area contributed by atoms with Gasteiger partial charge in [-0.2, -0.15) is 0 Å². The number of imidazole rings is 1. The third-order valence-corrected chi connectivity index (χ3v) is 3.93. The molecular formula is C17H13FN4O2. The highest BCUT2D eigenvalue weighted by Gasteiger charge is 2.34. The molecule has 0 saturated heterocycles. The van der Waals surface area contributed by atoms with Crippen LogP contribution in [-0.4, -0.2) is 21.4 Å². The highest BCUT2D eigenvalue weighted by Crippen LogP contribution is 2.32. The first-order valence-electron chi connectivity index (χ1n) is 7.45. The predicted octanol–water partition coefficient (Wildman–Crippen LogP) is 2.70. The first-order chi connectivity index (χ1) is 11.6. The minimum Gasteiger partial charge on any atom is -0.326 e. The number of amides is 2. The number of hydrogen-bond acceptors (Lipinski definition) is 3. The van der Waals surface area contributed by atoms with Gasteiger partial charge >= 0.3 is 0 Å². The van der Waals surface area contributed by atoms with Crippen LogP contribution >= 0.6 is 0 Å². The van der Waals surface area contributed by atoms with Crippen molar-refractivity contribution in [3.05, 3.63) is 54.3 Å². The molecule has 0 unspecified atom stereocenters. The lowest BCUT2D eigenvalue weighted by Crippen LogP contribution is -2.23. The summed E-state index contributed by atoms with van der Waals surface area (Å²) in [6, 6.07) is 12.3. The van der Waals surface area contributed by atoms with Gasteiger partial charge in [-0.15, -0.1) is 0 Å². The largest absolute Gasteiger partial charge is 0.326 e. The number of carbonyl (C=O) groups excluding carboxylic acids is 2. The van der Waals surface area contributed by atoms with Gasteiger partial charge in [0.15, 0.2) is 0 Å². The Hall–Kier alpha value is -3.22. The number of para-hydroxylation sites is 2. The summed E-state index contributed by atoms with van der Waals surface area (Å²) in [6.45, 7) is 0. The van der Waals surface area contributed by atoms with E-state index < -0.39 is 11.9 Å². The van der Waals surface area contributed by atoms with E-state index in [1.807, 2.05) is 24.3 Å².